The molecule has 0 aromatic heterocycles. The smallest absolute Gasteiger partial charge is 0.315 e. The molecule has 3 amide bonds. The summed E-state index contributed by atoms with van der Waals surface area (Å²) in [6, 6.07) is 5.17. The third-order valence-corrected chi connectivity index (χ3v) is 4.17. The van der Waals surface area contributed by atoms with Crippen LogP contribution in [-0.2, 0) is 11.3 Å². The summed E-state index contributed by atoms with van der Waals surface area (Å²) >= 11 is 0. The molecule has 0 saturated carbocycles. The van der Waals surface area contributed by atoms with Crippen molar-refractivity contribution in [1.82, 2.24) is 15.5 Å². The van der Waals surface area contributed by atoms with E-state index in [1.165, 1.54) is 12.1 Å². The maximum absolute atomic E-state index is 12.8. The molecule has 5 nitrogen and oxygen atoms in total. The topological polar surface area (TPSA) is 61.4 Å². The van der Waals surface area contributed by atoms with Crippen molar-refractivity contribution in [2.45, 2.75) is 51.7 Å². The summed E-state index contributed by atoms with van der Waals surface area (Å²) in [5.74, 6) is -0.359. The number of carbonyl (C=O) groups is 2. The van der Waals surface area contributed by atoms with E-state index in [-0.39, 0.29) is 24.3 Å². The number of halogens is 1. The van der Waals surface area contributed by atoms with Crippen LogP contribution < -0.4 is 10.6 Å². The van der Waals surface area contributed by atoms with Crippen molar-refractivity contribution in [2.24, 2.45) is 0 Å². The first-order chi connectivity index (χ1) is 11.0. The van der Waals surface area contributed by atoms with Crippen molar-refractivity contribution in [1.29, 1.82) is 0 Å². The fourth-order valence-electron chi connectivity index (χ4n) is 2.77. The Balaban J connectivity index is 1.79. The summed E-state index contributed by atoms with van der Waals surface area (Å²) in [5.41, 5.74) is 0.796. The van der Waals surface area contributed by atoms with Gasteiger partial charge < -0.3 is 15.5 Å². The molecule has 126 valence electrons. The van der Waals surface area contributed by atoms with E-state index in [2.05, 4.69) is 10.6 Å². The molecule has 2 atom stereocenters. The normalized spacial score (nSPS) is 19.1. The fraction of sp³-hybridized carbons (Fsp3) is 0.529. The number of nitrogens with one attached hydrogen (secondary N) is 2. The van der Waals surface area contributed by atoms with Gasteiger partial charge in [0, 0.05) is 19.1 Å². The number of likely N-dealkylation sites (tertiary alicyclic amines) is 1. The highest BCUT2D eigenvalue weighted by atomic mass is 19.1. The predicted molar refractivity (Wildman–Crippen MR) is 86.3 cm³/mol. The van der Waals surface area contributed by atoms with E-state index >= 15 is 0 Å². The molecule has 0 radical (unpaired) electrons. The molecular formula is C17H24FN3O2. The minimum atomic E-state index is -0.566. The lowest BCUT2D eigenvalue weighted by Gasteiger charge is -2.35. The van der Waals surface area contributed by atoms with Crippen LogP contribution in [0.4, 0.5) is 9.18 Å². The van der Waals surface area contributed by atoms with Crippen LogP contribution in [-0.4, -0.2) is 35.5 Å². The van der Waals surface area contributed by atoms with Crippen molar-refractivity contribution in [3.05, 3.63) is 35.6 Å². The zero-order valence-electron chi connectivity index (χ0n) is 13.6. The number of nitrogens with zero attached hydrogens (tertiary/aromatic N) is 1. The van der Waals surface area contributed by atoms with Crippen molar-refractivity contribution >= 4 is 11.9 Å². The van der Waals surface area contributed by atoms with Gasteiger partial charge in [-0.3, -0.25) is 4.79 Å². The van der Waals surface area contributed by atoms with Gasteiger partial charge in [-0.05, 0) is 50.8 Å². The molecule has 1 aliphatic rings. The molecule has 2 N–H and O–H groups in total. The number of benzene rings is 1. The molecule has 1 aliphatic heterocycles. The second kappa shape index (κ2) is 7.94. The molecule has 1 aromatic rings. The number of hydrogen-bond donors (Lipinski definition) is 2. The molecule has 1 aromatic carbocycles. The van der Waals surface area contributed by atoms with Gasteiger partial charge in [-0.25, -0.2) is 9.18 Å². The average Bonchev–Trinajstić information content (AvgIpc) is 2.54. The summed E-state index contributed by atoms with van der Waals surface area (Å²) in [5, 5.41) is 5.34. The molecule has 1 saturated heterocycles. The van der Waals surface area contributed by atoms with E-state index in [9.17, 15) is 14.0 Å². The Morgan fingerprint density at radius 1 is 1.30 bits per heavy atom. The summed E-state index contributed by atoms with van der Waals surface area (Å²) in [6.07, 6.45) is 3.17. The first kappa shape index (κ1) is 17.2. The molecule has 0 bridgehead atoms. The van der Waals surface area contributed by atoms with Gasteiger partial charge >= 0.3 is 6.03 Å². The highest BCUT2D eigenvalue weighted by Crippen LogP contribution is 2.17. The maximum Gasteiger partial charge on any atom is 0.315 e. The van der Waals surface area contributed by atoms with Crippen molar-refractivity contribution in [3.8, 4) is 0 Å². The van der Waals surface area contributed by atoms with Gasteiger partial charge in [-0.15, -0.1) is 0 Å². The van der Waals surface area contributed by atoms with Crippen molar-refractivity contribution in [3.63, 3.8) is 0 Å². The molecule has 1 fully saturated rings. The molecule has 2 rings (SSSR count). The lowest BCUT2D eigenvalue weighted by Crippen LogP contribution is -2.53. The minimum Gasteiger partial charge on any atom is -0.338 e. The van der Waals surface area contributed by atoms with Gasteiger partial charge in [0.25, 0.3) is 0 Å². The Labute approximate surface area is 136 Å². The summed E-state index contributed by atoms with van der Waals surface area (Å²) in [7, 11) is 0. The Hall–Kier alpha value is -2.11. The lowest BCUT2D eigenvalue weighted by molar-refractivity contribution is -0.136. The van der Waals surface area contributed by atoms with Gasteiger partial charge in [0.15, 0.2) is 0 Å². The predicted octanol–water partition coefficient (Wildman–Crippen LogP) is 2.41. The van der Waals surface area contributed by atoms with Crippen LogP contribution in [0.3, 0.4) is 0 Å². The second-order valence-corrected chi connectivity index (χ2v) is 6.05. The van der Waals surface area contributed by atoms with E-state index in [0.29, 0.717) is 0 Å². The Morgan fingerprint density at radius 3 is 2.65 bits per heavy atom. The van der Waals surface area contributed by atoms with Gasteiger partial charge in [0.2, 0.25) is 5.91 Å². The maximum atomic E-state index is 12.8. The number of urea groups is 1. The van der Waals surface area contributed by atoms with Crippen molar-refractivity contribution in [2.75, 3.05) is 6.54 Å². The van der Waals surface area contributed by atoms with Gasteiger partial charge in [-0.2, -0.15) is 0 Å². The zero-order valence-corrected chi connectivity index (χ0v) is 13.6. The third-order valence-electron chi connectivity index (χ3n) is 4.17. The molecule has 6 heteroatoms. The molecule has 0 aliphatic carbocycles. The van der Waals surface area contributed by atoms with E-state index in [0.717, 1.165) is 31.4 Å². The number of hydrogen-bond acceptors (Lipinski definition) is 2. The van der Waals surface area contributed by atoms with Gasteiger partial charge in [0.05, 0.1) is 0 Å². The van der Waals surface area contributed by atoms with Crippen LogP contribution >= 0.6 is 0 Å². The van der Waals surface area contributed by atoms with Gasteiger partial charge in [-0.1, -0.05) is 12.1 Å². The zero-order chi connectivity index (χ0) is 16.8. The number of rotatable bonds is 4. The first-order valence-corrected chi connectivity index (χ1v) is 8.06. The highest BCUT2D eigenvalue weighted by Gasteiger charge is 2.27. The van der Waals surface area contributed by atoms with Crippen LogP contribution in [0.2, 0.25) is 0 Å². The lowest BCUT2D eigenvalue weighted by atomic mass is 10.0. The summed E-state index contributed by atoms with van der Waals surface area (Å²) in [4.78, 5) is 26.1. The minimum absolute atomic E-state index is 0.0471. The van der Waals surface area contributed by atoms with E-state index in [1.807, 2.05) is 11.8 Å². The molecular weight excluding hydrogens is 297 g/mol. The van der Waals surface area contributed by atoms with E-state index in [4.69, 9.17) is 0 Å². The van der Waals surface area contributed by atoms with Crippen LogP contribution in [0.1, 0.15) is 38.7 Å². The van der Waals surface area contributed by atoms with E-state index in [1.54, 1.807) is 19.1 Å². The quantitative estimate of drug-likeness (QED) is 0.894. The summed E-state index contributed by atoms with van der Waals surface area (Å²) < 4.78 is 12.8. The molecule has 1 heterocycles. The Morgan fingerprint density at radius 2 is 2.00 bits per heavy atom. The number of piperidine rings is 1. The highest BCUT2D eigenvalue weighted by molar-refractivity contribution is 5.86. The second-order valence-electron chi connectivity index (χ2n) is 6.05. The van der Waals surface area contributed by atoms with Crippen LogP contribution in [0.5, 0.6) is 0 Å². The number of carbonyl (C=O) groups excluding carboxylic acids is 2. The third kappa shape index (κ3) is 4.94. The van der Waals surface area contributed by atoms with Crippen LogP contribution in [0.15, 0.2) is 24.3 Å². The van der Waals surface area contributed by atoms with E-state index < -0.39 is 12.1 Å². The summed E-state index contributed by atoms with van der Waals surface area (Å²) in [6.45, 7) is 4.77. The average molecular weight is 321 g/mol. The van der Waals surface area contributed by atoms with Crippen LogP contribution in [0, 0.1) is 5.82 Å². The molecule has 0 unspecified atom stereocenters. The monoisotopic (exact) mass is 321 g/mol. The van der Waals surface area contributed by atoms with Crippen molar-refractivity contribution < 1.29 is 14.0 Å². The Kier molecular flexibility index (Phi) is 5.96. The largest absolute Gasteiger partial charge is 0.338 e. The van der Waals surface area contributed by atoms with Gasteiger partial charge in [0.1, 0.15) is 11.9 Å². The SMILES string of the molecule is C[C@H](NC(=O)NCc1ccc(F)cc1)C(=O)N1CCCC[C@H]1C. The first-order valence-electron chi connectivity index (χ1n) is 8.06. The fourth-order valence-corrected chi connectivity index (χ4v) is 2.77. The standard InChI is InChI=1S/C17H24FN3O2/c1-12-5-3-4-10-21(12)16(22)13(2)20-17(23)19-11-14-6-8-15(18)9-7-14/h6-9,12-13H,3-5,10-11H2,1-2H3,(H2,19,20,23)/t12-,13+/m1/s1. The Bertz CT molecular complexity index is 547. The molecule has 0 spiro atoms. The number of amides is 3. The molecule has 23 heavy (non-hydrogen) atoms. The van der Waals surface area contributed by atoms with Crippen LogP contribution in [0.25, 0.3) is 0 Å².